The summed E-state index contributed by atoms with van der Waals surface area (Å²) in [5.74, 6) is 0.717. The lowest BCUT2D eigenvalue weighted by molar-refractivity contribution is -0.153. The molecule has 0 spiro atoms. The Hall–Kier alpha value is -2.79. The van der Waals surface area contributed by atoms with Crippen LogP contribution in [-0.2, 0) is 23.1 Å². The van der Waals surface area contributed by atoms with E-state index in [1.165, 1.54) is 26.2 Å². The summed E-state index contributed by atoms with van der Waals surface area (Å²) in [6, 6.07) is 11.2. The number of imidazole rings is 1. The van der Waals surface area contributed by atoms with E-state index in [2.05, 4.69) is 10.3 Å². The first-order valence-corrected chi connectivity index (χ1v) is 11.4. The molecule has 3 aromatic rings. The van der Waals surface area contributed by atoms with Gasteiger partial charge in [0.05, 0.1) is 28.2 Å². The Bertz CT molecular complexity index is 1190. The first kappa shape index (κ1) is 23.9. The van der Waals surface area contributed by atoms with Crippen LogP contribution in [-0.4, -0.2) is 49.2 Å². The van der Waals surface area contributed by atoms with Gasteiger partial charge in [0.25, 0.3) is 0 Å². The second-order valence-electron chi connectivity index (χ2n) is 7.37. The normalized spacial score (nSPS) is 12.5. The Balaban J connectivity index is 1.90. The van der Waals surface area contributed by atoms with Crippen molar-refractivity contribution in [1.29, 1.82) is 0 Å². The maximum atomic E-state index is 12.5. The summed E-state index contributed by atoms with van der Waals surface area (Å²) in [5, 5.41) is 3.09. The van der Waals surface area contributed by atoms with E-state index in [-0.39, 0.29) is 17.2 Å². The Morgan fingerprint density at radius 3 is 2.53 bits per heavy atom. The molecule has 0 atom stereocenters. The van der Waals surface area contributed by atoms with Crippen molar-refractivity contribution in [1.82, 2.24) is 13.9 Å². The lowest BCUT2D eigenvalue weighted by atomic mass is 10.3. The maximum absolute atomic E-state index is 12.5. The van der Waals surface area contributed by atoms with Crippen molar-refractivity contribution < 1.29 is 26.3 Å². The fraction of sp³-hybridized carbons (Fsp3) is 0.381. The van der Waals surface area contributed by atoms with E-state index in [1.807, 2.05) is 11.5 Å². The summed E-state index contributed by atoms with van der Waals surface area (Å²) < 4.78 is 70.6. The smallest absolute Gasteiger partial charge is 0.422 e. The molecule has 0 amide bonds. The third-order valence-corrected chi connectivity index (χ3v) is 6.55. The second kappa shape index (κ2) is 9.37. The standard InChI is InChI=1S/C21H25F3N4O3S/c1-4-11-28-18-10-9-15(32(29,30)27(2)3)12-17(18)26-20(28)13-25-16-7-5-6-8-19(16)31-14-21(22,23)24/h5-10,12,25H,4,11,13-14H2,1-3H3. The highest BCUT2D eigenvalue weighted by Gasteiger charge is 2.28. The fourth-order valence-electron chi connectivity index (χ4n) is 3.21. The van der Waals surface area contributed by atoms with Crippen LogP contribution in [0.25, 0.3) is 11.0 Å². The predicted molar refractivity (Wildman–Crippen MR) is 116 cm³/mol. The number of nitrogens with one attached hydrogen (secondary N) is 1. The Labute approximate surface area is 184 Å². The van der Waals surface area contributed by atoms with Crippen molar-refractivity contribution in [3.05, 3.63) is 48.3 Å². The predicted octanol–water partition coefficient (Wildman–Crippen LogP) is 4.25. The number of nitrogens with zero attached hydrogens (tertiary/aromatic N) is 3. The Kier molecular flexibility index (Phi) is 6.99. The van der Waals surface area contributed by atoms with Crippen molar-refractivity contribution in [3.8, 4) is 5.75 Å². The lowest BCUT2D eigenvalue weighted by Crippen LogP contribution is -2.22. The van der Waals surface area contributed by atoms with Crippen LogP contribution >= 0.6 is 0 Å². The van der Waals surface area contributed by atoms with Crippen LogP contribution in [0.2, 0.25) is 0 Å². The van der Waals surface area contributed by atoms with E-state index in [1.54, 1.807) is 30.3 Å². The molecule has 0 unspecified atom stereocenters. The minimum absolute atomic E-state index is 0.0855. The number of fused-ring (bicyclic) bond motifs is 1. The number of anilines is 1. The van der Waals surface area contributed by atoms with E-state index in [4.69, 9.17) is 4.74 Å². The highest BCUT2D eigenvalue weighted by Crippen LogP contribution is 2.28. The molecule has 0 bridgehead atoms. The van der Waals surface area contributed by atoms with Crippen LogP contribution in [0.15, 0.2) is 47.4 Å². The largest absolute Gasteiger partial charge is 0.482 e. The Morgan fingerprint density at radius 1 is 1.16 bits per heavy atom. The van der Waals surface area contributed by atoms with E-state index in [0.717, 1.165) is 16.2 Å². The van der Waals surface area contributed by atoms with Gasteiger partial charge in [0, 0.05) is 20.6 Å². The third-order valence-electron chi connectivity index (χ3n) is 4.74. The van der Waals surface area contributed by atoms with Gasteiger partial charge >= 0.3 is 6.18 Å². The summed E-state index contributed by atoms with van der Waals surface area (Å²) >= 11 is 0. The van der Waals surface area contributed by atoms with Gasteiger partial charge in [-0.1, -0.05) is 19.1 Å². The van der Waals surface area contributed by atoms with E-state index >= 15 is 0 Å². The molecular weight excluding hydrogens is 445 g/mol. The highest BCUT2D eigenvalue weighted by atomic mass is 32.2. The third kappa shape index (κ3) is 5.33. The van der Waals surface area contributed by atoms with Gasteiger partial charge in [0.1, 0.15) is 11.6 Å². The summed E-state index contributed by atoms with van der Waals surface area (Å²) in [6.45, 7) is 1.49. The topological polar surface area (TPSA) is 76.5 Å². The molecule has 0 saturated heterocycles. The molecule has 1 heterocycles. The average Bonchev–Trinajstić information content (AvgIpc) is 3.07. The SMILES string of the molecule is CCCn1c(CNc2ccccc2OCC(F)(F)F)nc2cc(S(=O)(=O)N(C)C)ccc21. The number of para-hydroxylation sites is 2. The number of sulfonamides is 1. The summed E-state index contributed by atoms with van der Waals surface area (Å²) in [5.41, 5.74) is 1.71. The summed E-state index contributed by atoms with van der Waals surface area (Å²) in [4.78, 5) is 4.73. The molecule has 32 heavy (non-hydrogen) atoms. The molecule has 174 valence electrons. The molecule has 0 fully saturated rings. The molecule has 0 aliphatic rings. The lowest BCUT2D eigenvalue weighted by Gasteiger charge is -2.15. The molecule has 1 aromatic heterocycles. The van der Waals surface area contributed by atoms with Crippen molar-refractivity contribution in [2.24, 2.45) is 0 Å². The van der Waals surface area contributed by atoms with Crippen LogP contribution in [0.5, 0.6) is 5.75 Å². The van der Waals surface area contributed by atoms with Crippen LogP contribution in [0.3, 0.4) is 0 Å². The van der Waals surface area contributed by atoms with E-state index in [9.17, 15) is 21.6 Å². The van der Waals surface area contributed by atoms with Crippen LogP contribution in [0, 0.1) is 0 Å². The van der Waals surface area contributed by atoms with Crippen LogP contribution in [0.1, 0.15) is 19.2 Å². The van der Waals surface area contributed by atoms with Gasteiger partial charge < -0.3 is 14.6 Å². The van der Waals surface area contributed by atoms with Crippen molar-refractivity contribution in [3.63, 3.8) is 0 Å². The quantitative estimate of drug-likeness (QED) is 0.506. The number of aryl methyl sites for hydroxylation is 1. The number of halogens is 3. The number of rotatable bonds is 9. The minimum atomic E-state index is -4.44. The molecule has 0 aliphatic carbocycles. The first-order valence-electron chi connectivity index (χ1n) is 9.97. The van der Waals surface area contributed by atoms with Gasteiger partial charge in [-0.2, -0.15) is 13.2 Å². The number of alkyl halides is 3. The Morgan fingerprint density at radius 2 is 1.88 bits per heavy atom. The van der Waals surface area contributed by atoms with Crippen molar-refractivity contribution in [2.45, 2.75) is 37.5 Å². The number of aromatic nitrogens is 2. The molecule has 0 saturated carbocycles. The van der Waals surface area contributed by atoms with Gasteiger partial charge in [-0.15, -0.1) is 0 Å². The number of hydrogen-bond donors (Lipinski definition) is 1. The second-order valence-corrected chi connectivity index (χ2v) is 9.52. The van der Waals surface area contributed by atoms with Crippen LogP contribution in [0.4, 0.5) is 18.9 Å². The number of hydrogen-bond acceptors (Lipinski definition) is 5. The number of ether oxygens (including phenoxy) is 1. The molecule has 11 heteroatoms. The zero-order chi connectivity index (χ0) is 23.5. The fourth-order valence-corrected chi connectivity index (χ4v) is 4.13. The molecule has 7 nitrogen and oxygen atoms in total. The van der Waals surface area contributed by atoms with Gasteiger partial charge in [-0.05, 0) is 36.8 Å². The van der Waals surface area contributed by atoms with Gasteiger partial charge in [0.2, 0.25) is 10.0 Å². The first-order chi connectivity index (χ1) is 15.0. The molecule has 0 aliphatic heterocycles. The molecule has 3 rings (SSSR count). The van der Waals surface area contributed by atoms with Gasteiger partial charge in [-0.3, -0.25) is 0 Å². The van der Waals surface area contributed by atoms with Crippen LogP contribution < -0.4 is 10.1 Å². The van der Waals surface area contributed by atoms with E-state index in [0.29, 0.717) is 23.6 Å². The van der Waals surface area contributed by atoms with Gasteiger partial charge in [-0.25, -0.2) is 17.7 Å². The number of benzene rings is 2. The average molecular weight is 471 g/mol. The zero-order valence-corrected chi connectivity index (χ0v) is 18.8. The monoisotopic (exact) mass is 470 g/mol. The summed E-state index contributed by atoms with van der Waals surface area (Å²) in [6.07, 6.45) is -3.62. The molecular formula is C21H25F3N4O3S. The maximum Gasteiger partial charge on any atom is 0.422 e. The summed E-state index contributed by atoms with van der Waals surface area (Å²) in [7, 11) is -0.681. The van der Waals surface area contributed by atoms with Crippen molar-refractivity contribution >= 4 is 26.7 Å². The molecule has 0 radical (unpaired) electrons. The minimum Gasteiger partial charge on any atom is -0.482 e. The molecule has 1 N–H and O–H groups in total. The highest BCUT2D eigenvalue weighted by molar-refractivity contribution is 7.89. The van der Waals surface area contributed by atoms with Crippen molar-refractivity contribution in [2.75, 3.05) is 26.0 Å². The van der Waals surface area contributed by atoms with E-state index < -0.39 is 22.8 Å². The zero-order valence-electron chi connectivity index (χ0n) is 18.0. The molecule has 2 aromatic carbocycles. The van der Waals surface area contributed by atoms with Gasteiger partial charge in [0.15, 0.2) is 6.61 Å².